The summed E-state index contributed by atoms with van der Waals surface area (Å²) in [5.41, 5.74) is 0.850. The molecule has 1 atom stereocenters. The number of benzene rings is 3. The summed E-state index contributed by atoms with van der Waals surface area (Å²) in [6.07, 6.45) is 1.38. The van der Waals surface area contributed by atoms with Crippen LogP contribution in [-0.4, -0.2) is 112 Å². The minimum absolute atomic E-state index is 0.0140. The number of rotatable bonds is 24. The molecular weight excluding hydrogens is 873 g/mol. The molecule has 4 rings (SSSR count). The standard InChI is InChI=1S/C37H46N2O17S4/c40-36(41)26-10-12-28(31(22-26)37(42)43)35-29-13-9-25(32(8-7-21-60(53,54)55)38-15-1-4-18-57(44,45)46)23-33(29)56-34-24-27(11-14-30(34)35)39(16-2-5-19-58(47,48)49)17-3-6-20-59(50,51)52/h9-14,22-24,32,38H,1-8,15-21H2,(H5-,40,41,42,43,44,45,46,47,48,49,50,51,52,53,54,55). The molecular formula is C37H46N2O17S4. The summed E-state index contributed by atoms with van der Waals surface area (Å²) < 4.78 is 136. The predicted molar refractivity (Wildman–Crippen MR) is 218 cm³/mol. The van der Waals surface area contributed by atoms with Crippen LogP contribution in [0.3, 0.4) is 0 Å². The summed E-state index contributed by atoms with van der Waals surface area (Å²) >= 11 is 0. The first-order chi connectivity index (χ1) is 27.9. The molecule has 1 aliphatic carbocycles. The van der Waals surface area contributed by atoms with Crippen molar-refractivity contribution in [3.63, 3.8) is 0 Å². The lowest BCUT2D eigenvalue weighted by atomic mass is 9.89. The van der Waals surface area contributed by atoms with Crippen LogP contribution in [-0.2, 0) is 40.5 Å². The van der Waals surface area contributed by atoms with Gasteiger partial charge >= 0.3 is 5.97 Å². The van der Waals surface area contributed by atoms with E-state index in [0.717, 1.165) is 6.07 Å². The van der Waals surface area contributed by atoms with E-state index in [0.29, 0.717) is 33.9 Å². The molecule has 1 aliphatic heterocycles. The molecule has 0 radical (unpaired) electrons. The average molecular weight is 919 g/mol. The van der Waals surface area contributed by atoms with Gasteiger partial charge in [0.05, 0.1) is 40.6 Å². The largest absolute Gasteiger partial charge is 0.545 e. The van der Waals surface area contributed by atoms with Crippen LogP contribution in [0.2, 0.25) is 0 Å². The van der Waals surface area contributed by atoms with Crippen molar-refractivity contribution in [1.29, 1.82) is 0 Å². The zero-order valence-electron chi connectivity index (χ0n) is 32.1. The lowest BCUT2D eigenvalue weighted by Gasteiger charge is -2.21. The second-order valence-electron chi connectivity index (χ2n) is 14.2. The highest BCUT2D eigenvalue weighted by molar-refractivity contribution is 7.86. The van der Waals surface area contributed by atoms with Gasteiger partial charge in [-0.15, -0.1) is 0 Å². The molecule has 0 spiro atoms. The van der Waals surface area contributed by atoms with Crippen LogP contribution < -0.4 is 20.4 Å². The Balaban J connectivity index is 1.94. The van der Waals surface area contributed by atoms with Gasteiger partial charge in [-0.05, 0) is 80.0 Å². The van der Waals surface area contributed by atoms with Gasteiger partial charge < -0.3 is 24.7 Å². The van der Waals surface area contributed by atoms with Gasteiger partial charge in [-0.1, -0.05) is 24.3 Å². The van der Waals surface area contributed by atoms with Crippen LogP contribution in [0.1, 0.15) is 83.7 Å². The van der Waals surface area contributed by atoms with E-state index >= 15 is 0 Å². The molecule has 1 unspecified atom stereocenters. The lowest BCUT2D eigenvalue weighted by molar-refractivity contribution is -0.255. The van der Waals surface area contributed by atoms with E-state index in [4.69, 9.17) is 8.97 Å². The van der Waals surface area contributed by atoms with Gasteiger partial charge in [0.25, 0.3) is 40.5 Å². The fourth-order valence-corrected chi connectivity index (χ4v) is 8.99. The van der Waals surface area contributed by atoms with Crippen LogP contribution in [0.5, 0.6) is 0 Å². The monoisotopic (exact) mass is 918 g/mol. The molecule has 6 N–H and O–H groups in total. The van der Waals surface area contributed by atoms with Crippen LogP contribution >= 0.6 is 0 Å². The topological polar surface area (TPSA) is 323 Å². The molecule has 0 fully saturated rings. The van der Waals surface area contributed by atoms with E-state index in [-0.39, 0.29) is 92.6 Å². The van der Waals surface area contributed by atoms with Gasteiger partial charge in [-0.25, -0.2) is 9.37 Å². The van der Waals surface area contributed by atoms with Crippen LogP contribution in [0.4, 0.5) is 0 Å². The molecule has 60 heavy (non-hydrogen) atoms. The van der Waals surface area contributed by atoms with Crippen LogP contribution in [0.15, 0.2) is 59.0 Å². The van der Waals surface area contributed by atoms with Crippen molar-refractivity contribution in [1.82, 2.24) is 9.89 Å². The van der Waals surface area contributed by atoms with Crippen molar-refractivity contribution in [2.24, 2.45) is 0 Å². The third kappa shape index (κ3) is 15.3. The maximum Gasteiger partial charge on any atom is 0.336 e. The highest BCUT2D eigenvalue weighted by Crippen LogP contribution is 2.42. The number of nitrogens with one attached hydrogen (secondary N) is 1. The Morgan fingerprint density at radius 2 is 1.22 bits per heavy atom. The van der Waals surface area contributed by atoms with Crippen molar-refractivity contribution in [3.8, 4) is 22.5 Å². The highest BCUT2D eigenvalue weighted by atomic mass is 32.2. The Hall–Kier alpha value is -4.33. The number of unbranched alkanes of at least 4 members (excludes halogenated alkanes) is 3. The van der Waals surface area contributed by atoms with Gasteiger partial charge in [-0.2, -0.15) is 33.7 Å². The Bertz CT molecular complexity index is 2650. The van der Waals surface area contributed by atoms with E-state index < -0.39 is 81.5 Å². The maximum absolute atomic E-state index is 12.6. The summed E-state index contributed by atoms with van der Waals surface area (Å²) in [4.78, 5) is 24.3. The fourth-order valence-electron chi connectivity index (χ4n) is 6.75. The van der Waals surface area contributed by atoms with Crippen LogP contribution in [0, 0.1) is 0 Å². The number of fused-ring (bicyclic) bond motifs is 2. The average Bonchev–Trinajstić information content (AvgIpc) is 3.13. The van der Waals surface area contributed by atoms with E-state index in [1.54, 1.807) is 36.4 Å². The molecule has 2 aromatic carbocycles. The molecule has 0 aromatic heterocycles. The Morgan fingerprint density at radius 3 is 1.77 bits per heavy atom. The molecule has 2 aromatic rings. The maximum atomic E-state index is 12.6. The summed E-state index contributed by atoms with van der Waals surface area (Å²) in [5.74, 6) is -4.85. The zero-order valence-corrected chi connectivity index (χ0v) is 35.4. The first-order valence-electron chi connectivity index (χ1n) is 18.6. The molecule has 0 bridgehead atoms. The lowest BCUT2D eigenvalue weighted by Crippen LogP contribution is -2.32. The van der Waals surface area contributed by atoms with Gasteiger partial charge in [-0.3, -0.25) is 18.2 Å². The first kappa shape index (κ1) is 48.3. The van der Waals surface area contributed by atoms with Gasteiger partial charge in [0, 0.05) is 41.5 Å². The number of hydrogen-bond donors (Lipinski definition) is 6. The first-order valence-corrected chi connectivity index (χ1v) is 25.1. The van der Waals surface area contributed by atoms with Gasteiger partial charge in [0.1, 0.15) is 24.4 Å². The smallest absolute Gasteiger partial charge is 0.336 e. The fraction of sp³-hybridized carbons (Fsp3) is 0.432. The van der Waals surface area contributed by atoms with Crippen molar-refractivity contribution in [3.05, 3.63) is 76.6 Å². The number of nitrogens with zero attached hydrogens (tertiary/aromatic N) is 1. The molecule has 0 saturated heterocycles. The molecule has 0 amide bonds. The Kier molecular flexibility index (Phi) is 16.5. The van der Waals surface area contributed by atoms with Crippen molar-refractivity contribution in [2.75, 3.05) is 42.6 Å². The number of carboxylic acids is 2. The molecule has 1 heterocycles. The number of carboxylic acid groups (broad SMARTS) is 2. The molecule has 2 aliphatic rings. The quantitative estimate of drug-likeness (QED) is 0.0254. The summed E-state index contributed by atoms with van der Waals surface area (Å²) in [6.45, 7) is 0.726. The Morgan fingerprint density at radius 1 is 0.667 bits per heavy atom. The van der Waals surface area contributed by atoms with Gasteiger partial charge in [0.2, 0.25) is 5.36 Å². The van der Waals surface area contributed by atoms with E-state index in [1.165, 1.54) is 12.1 Å². The summed E-state index contributed by atoms with van der Waals surface area (Å²) in [6, 6.07) is 12.8. The molecule has 0 saturated carbocycles. The normalized spacial score (nSPS) is 13.1. The number of carbonyl (C=O) groups is 2. The third-order valence-electron chi connectivity index (χ3n) is 9.53. The number of hydrogen-bond acceptors (Lipinski definition) is 13. The summed E-state index contributed by atoms with van der Waals surface area (Å²) in [5, 5.41) is 26.1. The van der Waals surface area contributed by atoms with Crippen molar-refractivity contribution in [2.45, 2.75) is 57.4 Å². The zero-order chi connectivity index (χ0) is 44.5. The predicted octanol–water partition coefficient (Wildman–Crippen LogP) is 2.34. The van der Waals surface area contributed by atoms with Gasteiger partial charge in [0.15, 0.2) is 0 Å². The van der Waals surface area contributed by atoms with E-state index in [9.17, 15) is 67.1 Å². The highest BCUT2D eigenvalue weighted by Gasteiger charge is 2.25. The van der Waals surface area contributed by atoms with E-state index in [2.05, 4.69) is 5.32 Å². The minimum atomic E-state index is -4.31. The van der Waals surface area contributed by atoms with Crippen molar-refractivity contribution < 1.29 is 76.1 Å². The second-order valence-corrected chi connectivity index (χ2v) is 20.5. The molecule has 330 valence electrons. The third-order valence-corrected chi connectivity index (χ3v) is 12.7. The summed E-state index contributed by atoms with van der Waals surface area (Å²) in [7, 11) is -17.0. The number of aromatic carboxylic acids is 2. The molecule has 23 heteroatoms. The number of carbonyl (C=O) groups excluding carboxylic acids is 1. The van der Waals surface area contributed by atoms with Crippen LogP contribution in [0.25, 0.3) is 33.4 Å². The minimum Gasteiger partial charge on any atom is -0.545 e. The Labute approximate surface area is 347 Å². The van der Waals surface area contributed by atoms with E-state index in [1.807, 2.05) is 4.58 Å². The second kappa shape index (κ2) is 20.5. The SMILES string of the molecule is O=C([O-])c1ccc(-c2c3ccc(=[N+](CCCCS(=O)(=O)O)CCCCS(=O)(=O)O)cc-3oc3cc(C(CCCS(=O)(=O)O)NCCCCS(=O)(=O)O)ccc23)c(C(=O)O)c1. The molecule has 19 nitrogen and oxygen atoms in total. The van der Waals surface area contributed by atoms with Crippen molar-refractivity contribution >= 4 is 63.4 Å².